The van der Waals surface area contributed by atoms with Crippen LogP contribution in [0, 0.1) is 5.92 Å². The quantitative estimate of drug-likeness (QED) is 0.537. The lowest BCUT2D eigenvalue weighted by atomic mass is 9.95. The molecule has 0 aromatic carbocycles. The molecule has 15 heavy (non-hydrogen) atoms. The van der Waals surface area contributed by atoms with E-state index in [2.05, 4.69) is 0 Å². The maximum absolute atomic E-state index is 11.9. The summed E-state index contributed by atoms with van der Waals surface area (Å²) in [5, 5.41) is 0. The van der Waals surface area contributed by atoms with Gasteiger partial charge in [0.2, 0.25) is 0 Å². The molecule has 3 heteroatoms. The summed E-state index contributed by atoms with van der Waals surface area (Å²) >= 11 is 0. The van der Waals surface area contributed by atoms with Crippen molar-refractivity contribution in [2.75, 3.05) is 0 Å². The fourth-order valence-electron chi connectivity index (χ4n) is 2.01. The fourth-order valence-corrected chi connectivity index (χ4v) is 2.01. The number of rotatable bonds is 1. The largest absolute Gasteiger partial charge is 0.460 e. The highest BCUT2D eigenvalue weighted by Crippen LogP contribution is 2.24. The van der Waals surface area contributed by atoms with Crippen LogP contribution in [-0.4, -0.2) is 17.6 Å². The summed E-state index contributed by atoms with van der Waals surface area (Å²) in [6, 6.07) is -0.0117. The first-order valence-electron chi connectivity index (χ1n) is 5.88. The zero-order chi connectivity index (χ0) is 11.5. The molecule has 1 aliphatic rings. The average Bonchev–Trinajstić information content (AvgIpc) is 2.26. The van der Waals surface area contributed by atoms with Gasteiger partial charge in [-0.3, -0.25) is 4.79 Å². The van der Waals surface area contributed by atoms with E-state index in [-0.39, 0.29) is 17.9 Å². The predicted octanol–water partition coefficient (Wildman–Crippen LogP) is 2.24. The molecular weight excluding hydrogens is 190 g/mol. The van der Waals surface area contributed by atoms with Gasteiger partial charge in [0.15, 0.2) is 0 Å². The molecule has 0 aromatic heterocycles. The molecule has 1 rings (SSSR count). The molecule has 0 heterocycles. The molecule has 1 aliphatic carbocycles. The lowest BCUT2D eigenvalue weighted by molar-refractivity contribution is -0.161. The Labute approximate surface area is 92.4 Å². The van der Waals surface area contributed by atoms with Crippen molar-refractivity contribution in [3.63, 3.8) is 0 Å². The molecule has 0 radical (unpaired) electrons. The molecule has 2 N–H and O–H groups in total. The zero-order valence-corrected chi connectivity index (χ0v) is 10.1. The third kappa shape index (κ3) is 4.20. The van der Waals surface area contributed by atoms with Crippen LogP contribution in [0.2, 0.25) is 0 Å². The Bertz CT molecular complexity index is 220. The van der Waals surface area contributed by atoms with Gasteiger partial charge < -0.3 is 10.5 Å². The Morgan fingerprint density at radius 3 is 2.40 bits per heavy atom. The summed E-state index contributed by atoms with van der Waals surface area (Å²) in [5.74, 6) is -0.205. The maximum atomic E-state index is 11.9. The molecule has 0 saturated heterocycles. The van der Waals surface area contributed by atoms with Crippen molar-refractivity contribution in [3.05, 3.63) is 0 Å². The first-order chi connectivity index (χ1) is 6.90. The van der Waals surface area contributed by atoms with Gasteiger partial charge in [-0.05, 0) is 33.6 Å². The number of ether oxygens (including phenoxy) is 1. The molecule has 0 aromatic rings. The van der Waals surface area contributed by atoms with Crippen LogP contribution in [0.3, 0.4) is 0 Å². The van der Waals surface area contributed by atoms with Crippen molar-refractivity contribution in [1.29, 1.82) is 0 Å². The summed E-state index contributed by atoms with van der Waals surface area (Å²) in [6.07, 6.45) is 5.26. The highest BCUT2D eigenvalue weighted by atomic mass is 16.6. The molecular formula is C12H23NO2. The minimum atomic E-state index is -0.400. The number of carbonyl (C=O) groups excluding carboxylic acids is 1. The van der Waals surface area contributed by atoms with Crippen LogP contribution in [0.5, 0.6) is 0 Å². The van der Waals surface area contributed by atoms with Gasteiger partial charge in [-0.15, -0.1) is 0 Å². The van der Waals surface area contributed by atoms with Crippen molar-refractivity contribution >= 4 is 5.97 Å². The summed E-state index contributed by atoms with van der Waals surface area (Å²) in [7, 11) is 0. The molecule has 88 valence electrons. The lowest BCUT2D eigenvalue weighted by Crippen LogP contribution is -2.38. The minimum Gasteiger partial charge on any atom is -0.460 e. The lowest BCUT2D eigenvalue weighted by Gasteiger charge is -2.26. The van der Waals surface area contributed by atoms with E-state index in [4.69, 9.17) is 10.5 Å². The first kappa shape index (κ1) is 12.5. The van der Waals surface area contributed by atoms with E-state index >= 15 is 0 Å². The van der Waals surface area contributed by atoms with E-state index in [1.807, 2.05) is 20.8 Å². The second kappa shape index (κ2) is 4.97. The van der Waals surface area contributed by atoms with Gasteiger partial charge in [0.25, 0.3) is 0 Å². The van der Waals surface area contributed by atoms with E-state index in [9.17, 15) is 4.79 Å². The highest BCUT2D eigenvalue weighted by molar-refractivity contribution is 5.73. The topological polar surface area (TPSA) is 52.3 Å². The van der Waals surface area contributed by atoms with E-state index in [0.29, 0.717) is 0 Å². The van der Waals surface area contributed by atoms with E-state index in [1.165, 1.54) is 6.42 Å². The zero-order valence-electron chi connectivity index (χ0n) is 10.1. The smallest absolute Gasteiger partial charge is 0.311 e. The molecule has 3 nitrogen and oxygen atoms in total. The number of carbonyl (C=O) groups is 1. The van der Waals surface area contributed by atoms with Crippen molar-refractivity contribution in [2.24, 2.45) is 11.7 Å². The number of nitrogens with two attached hydrogens (primary N) is 1. The van der Waals surface area contributed by atoms with Crippen LogP contribution in [0.15, 0.2) is 0 Å². The Hall–Kier alpha value is -0.570. The van der Waals surface area contributed by atoms with E-state index < -0.39 is 5.60 Å². The normalized spacial score (nSPS) is 28.3. The van der Waals surface area contributed by atoms with Gasteiger partial charge in [-0.1, -0.05) is 19.3 Å². The molecule has 0 bridgehead atoms. The van der Waals surface area contributed by atoms with E-state index in [1.54, 1.807) is 0 Å². The summed E-state index contributed by atoms with van der Waals surface area (Å²) in [5.41, 5.74) is 5.60. The summed E-state index contributed by atoms with van der Waals surface area (Å²) in [4.78, 5) is 11.9. The van der Waals surface area contributed by atoms with Crippen LogP contribution in [0.25, 0.3) is 0 Å². The summed E-state index contributed by atoms with van der Waals surface area (Å²) < 4.78 is 5.38. The molecule has 0 amide bonds. The Kier molecular flexibility index (Phi) is 4.14. The van der Waals surface area contributed by atoms with Crippen LogP contribution in [0.4, 0.5) is 0 Å². The predicted molar refractivity (Wildman–Crippen MR) is 60.4 cm³/mol. The van der Waals surface area contributed by atoms with Crippen LogP contribution < -0.4 is 5.73 Å². The fraction of sp³-hybridized carbons (Fsp3) is 0.917. The molecule has 0 aliphatic heterocycles. The number of esters is 1. The molecule has 2 atom stereocenters. The Balaban J connectivity index is 2.56. The SMILES string of the molecule is CC(C)(C)OC(=O)C1CCCCCC1N. The maximum Gasteiger partial charge on any atom is 0.311 e. The monoisotopic (exact) mass is 213 g/mol. The third-order valence-corrected chi connectivity index (χ3v) is 2.78. The number of hydrogen-bond donors (Lipinski definition) is 1. The standard InChI is InChI=1S/C12H23NO2/c1-12(2,3)15-11(14)9-7-5-4-6-8-10(9)13/h9-10H,4-8,13H2,1-3H3. The first-order valence-corrected chi connectivity index (χ1v) is 5.88. The van der Waals surface area contributed by atoms with Crippen molar-refractivity contribution < 1.29 is 9.53 Å². The van der Waals surface area contributed by atoms with Gasteiger partial charge in [0.05, 0.1) is 5.92 Å². The summed E-state index contributed by atoms with van der Waals surface area (Å²) in [6.45, 7) is 5.69. The van der Waals surface area contributed by atoms with Crippen molar-refractivity contribution in [2.45, 2.75) is 64.5 Å². The van der Waals surface area contributed by atoms with Gasteiger partial charge in [0.1, 0.15) is 5.60 Å². The van der Waals surface area contributed by atoms with Gasteiger partial charge >= 0.3 is 5.97 Å². The molecule has 1 saturated carbocycles. The van der Waals surface area contributed by atoms with Crippen LogP contribution in [-0.2, 0) is 9.53 Å². The van der Waals surface area contributed by atoms with Gasteiger partial charge in [-0.25, -0.2) is 0 Å². The minimum absolute atomic E-state index is 0.0117. The van der Waals surface area contributed by atoms with Crippen molar-refractivity contribution in [1.82, 2.24) is 0 Å². The number of hydrogen-bond acceptors (Lipinski definition) is 3. The van der Waals surface area contributed by atoms with Crippen LogP contribution >= 0.6 is 0 Å². The molecule has 0 spiro atoms. The molecule has 1 fully saturated rings. The Morgan fingerprint density at radius 1 is 1.20 bits per heavy atom. The molecule has 2 unspecified atom stereocenters. The van der Waals surface area contributed by atoms with Gasteiger partial charge in [-0.2, -0.15) is 0 Å². The van der Waals surface area contributed by atoms with Crippen molar-refractivity contribution in [3.8, 4) is 0 Å². The van der Waals surface area contributed by atoms with Gasteiger partial charge in [0, 0.05) is 6.04 Å². The second-order valence-corrected chi connectivity index (χ2v) is 5.44. The van der Waals surface area contributed by atoms with E-state index in [0.717, 1.165) is 25.7 Å². The third-order valence-electron chi connectivity index (χ3n) is 2.78. The second-order valence-electron chi connectivity index (χ2n) is 5.44. The Morgan fingerprint density at radius 2 is 1.80 bits per heavy atom. The van der Waals surface area contributed by atoms with Crippen LogP contribution in [0.1, 0.15) is 52.9 Å². The average molecular weight is 213 g/mol. The highest BCUT2D eigenvalue weighted by Gasteiger charge is 2.30.